The van der Waals surface area contributed by atoms with E-state index in [1.807, 2.05) is 30.0 Å². The zero-order valence-electron chi connectivity index (χ0n) is 15.0. The third-order valence-electron chi connectivity index (χ3n) is 4.85. The van der Waals surface area contributed by atoms with Gasteiger partial charge in [0, 0.05) is 39.6 Å². The molecule has 5 heteroatoms. The van der Waals surface area contributed by atoms with Crippen molar-refractivity contribution in [2.75, 3.05) is 32.7 Å². The topological polar surface area (TPSA) is 52.7 Å². The molecule has 1 N–H and O–H groups in total. The Morgan fingerprint density at radius 1 is 1.08 bits per heavy atom. The summed E-state index contributed by atoms with van der Waals surface area (Å²) >= 11 is 0. The fourth-order valence-electron chi connectivity index (χ4n) is 3.11. The molecule has 2 amide bonds. The lowest BCUT2D eigenvalue weighted by Gasteiger charge is -2.27. The first-order chi connectivity index (χ1) is 11.5. The van der Waals surface area contributed by atoms with Crippen molar-refractivity contribution in [3.63, 3.8) is 0 Å². The summed E-state index contributed by atoms with van der Waals surface area (Å²) in [7, 11) is 0. The first kappa shape index (κ1) is 18.5. The Bertz CT molecular complexity index is 547. The Kier molecular flexibility index (Phi) is 6.79. The molecule has 5 nitrogen and oxygen atoms in total. The molecule has 0 aromatic heterocycles. The summed E-state index contributed by atoms with van der Waals surface area (Å²) in [6, 6.07) is 10.1. The van der Waals surface area contributed by atoms with Crippen molar-refractivity contribution < 1.29 is 9.59 Å². The highest BCUT2D eigenvalue weighted by molar-refractivity contribution is 5.81. The van der Waals surface area contributed by atoms with Crippen molar-refractivity contribution in [2.24, 2.45) is 0 Å². The van der Waals surface area contributed by atoms with Crippen LogP contribution in [-0.4, -0.2) is 60.4 Å². The zero-order valence-corrected chi connectivity index (χ0v) is 15.0. The first-order valence-corrected chi connectivity index (χ1v) is 8.81. The molecule has 0 aliphatic carbocycles. The van der Waals surface area contributed by atoms with Crippen LogP contribution in [0.1, 0.15) is 38.7 Å². The zero-order chi connectivity index (χ0) is 17.5. The molecule has 1 aliphatic heterocycles. The minimum absolute atomic E-state index is 0.0639. The molecular weight excluding hydrogens is 302 g/mol. The number of hydrogen-bond acceptors (Lipinski definition) is 3. The molecule has 0 radical (unpaired) electrons. The summed E-state index contributed by atoms with van der Waals surface area (Å²) in [5.41, 5.74) is 1.23. The van der Waals surface area contributed by atoms with Gasteiger partial charge in [-0.15, -0.1) is 0 Å². The van der Waals surface area contributed by atoms with E-state index in [9.17, 15) is 9.59 Å². The standard InChI is InChI=1S/C19H29N3O2/c1-15(18-8-5-4-6-9-18)14-20-19(24)16(2)21-10-7-11-22(13-12-21)17(3)23/h4-6,8-9,15-16H,7,10-14H2,1-3H3,(H,20,24). The van der Waals surface area contributed by atoms with Crippen molar-refractivity contribution in [1.82, 2.24) is 15.1 Å². The maximum atomic E-state index is 12.5. The smallest absolute Gasteiger partial charge is 0.237 e. The summed E-state index contributed by atoms with van der Waals surface area (Å²) in [6.07, 6.45) is 0.914. The molecule has 132 valence electrons. The maximum Gasteiger partial charge on any atom is 0.237 e. The summed E-state index contributed by atoms with van der Waals surface area (Å²) in [5, 5.41) is 3.07. The van der Waals surface area contributed by atoms with Gasteiger partial charge in [0.25, 0.3) is 0 Å². The predicted octanol–water partition coefficient (Wildman–Crippen LogP) is 1.85. The van der Waals surface area contributed by atoms with Crippen LogP contribution in [0, 0.1) is 0 Å². The molecule has 2 rings (SSSR count). The minimum Gasteiger partial charge on any atom is -0.354 e. The number of carbonyl (C=O) groups excluding carboxylic acids is 2. The molecule has 1 fully saturated rings. The summed E-state index contributed by atoms with van der Waals surface area (Å²) in [4.78, 5) is 28.0. The highest BCUT2D eigenvalue weighted by atomic mass is 16.2. The van der Waals surface area contributed by atoms with E-state index in [0.717, 1.165) is 26.1 Å². The summed E-state index contributed by atoms with van der Waals surface area (Å²) in [5.74, 6) is 0.472. The van der Waals surface area contributed by atoms with Gasteiger partial charge in [-0.05, 0) is 24.8 Å². The quantitative estimate of drug-likeness (QED) is 0.896. The second-order valence-corrected chi connectivity index (χ2v) is 6.63. The van der Waals surface area contributed by atoms with Gasteiger partial charge in [0.2, 0.25) is 11.8 Å². The monoisotopic (exact) mass is 331 g/mol. The number of hydrogen-bond donors (Lipinski definition) is 1. The van der Waals surface area contributed by atoms with Crippen LogP contribution in [0.4, 0.5) is 0 Å². The molecule has 0 spiro atoms. The van der Waals surface area contributed by atoms with Crippen molar-refractivity contribution in [3.05, 3.63) is 35.9 Å². The van der Waals surface area contributed by atoms with Crippen LogP contribution < -0.4 is 5.32 Å². The molecule has 1 aromatic carbocycles. The van der Waals surface area contributed by atoms with E-state index in [1.165, 1.54) is 5.56 Å². The van der Waals surface area contributed by atoms with Crippen LogP contribution in [0.2, 0.25) is 0 Å². The average molecular weight is 331 g/mol. The second kappa shape index (κ2) is 8.83. The number of amides is 2. The Labute approximate surface area is 145 Å². The Balaban J connectivity index is 1.82. The van der Waals surface area contributed by atoms with Gasteiger partial charge in [-0.2, -0.15) is 0 Å². The average Bonchev–Trinajstić information content (AvgIpc) is 2.85. The molecule has 0 saturated carbocycles. The first-order valence-electron chi connectivity index (χ1n) is 8.81. The second-order valence-electron chi connectivity index (χ2n) is 6.63. The lowest BCUT2D eigenvalue weighted by atomic mass is 10.0. The molecule has 0 bridgehead atoms. The van der Waals surface area contributed by atoms with Crippen LogP contribution in [0.3, 0.4) is 0 Å². The van der Waals surface area contributed by atoms with Gasteiger partial charge >= 0.3 is 0 Å². The molecule has 1 aliphatic rings. The van der Waals surface area contributed by atoms with Crippen molar-refractivity contribution in [2.45, 2.75) is 39.2 Å². The molecule has 24 heavy (non-hydrogen) atoms. The molecule has 2 atom stereocenters. The number of nitrogens with zero attached hydrogens (tertiary/aromatic N) is 2. The van der Waals surface area contributed by atoms with E-state index in [2.05, 4.69) is 29.3 Å². The van der Waals surface area contributed by atoms with E-state index in [1.54, 1.807) is 6.92 Å². The van der Waals surface area contributed by atoms with E-state index >= 15 is 0 Å². The van der Waals surface area contributed by atoms with E-state index in [4.69, 9.17) is 0 Å². The van der Waals surface area contributed by atoms with E-state index in [-0.39, 0.29) is 17.9 Å². The maximum absolute atomic E-state index is 12.5. The normalized spacial score (nSPS) is 18.5. The Morgan fingerprint density at radius 2 is 1.79 bits per heavy atom. The number of nitrogens with one attached hydrogen (secondary N) is 1. The van der Waals surface area contributed by atoms with Gasteiger partial charge in [0.05, 0.1) is 6.04 Å². The molecular formula is C19H29N3O2. The molecule has 1 saturated heterocycles. The molecule has 2 unspecified atom stereocenters. The van der Waals surface area contributed by atoms with Crippen molar-refractivity contribution in [3.8, 4) is 0 Å². The van der Waals surface area contributed by atoms with Crippen LogP contribution in [0.5, 0.6) is 0 Å². The molecule has 1 heterocycles. The predicted molar refractivity (Wildman–Crippen MR) is 95.8 cm³/mol. The third-order valence-corrected chi connectivity index (χ3v) is 4.85. The minimum atomic E-state index is -0.167. The van der Waals surface area contributed by atoms with Gasteiger partial charge in [-0.1, -0.05) is 37.3 Å². The van der Waals surface area contributed by atoms with Gasteiger partial charge < -0.3 is 10.2 Å². The highest BCUT2D eigenvalue weighted by Crippen LogP contribution is 2.13. The third kappa shape index (κ3) is 5.06. The van der Waals surface area contributed by atoms with Gasteiger partial charge in [0.1, 0.15) is 0 Å². The Morgan fingerprint density at radius 3 is 2.46 bits per heavy atom. The van der Waals surface area contributed by atoms with Crippen molar-refractivity contribution in [1.29, 1.82) is 0 Å². The number of carbonyl (C=O) groups is 2. The highest BCUT2D eigenvalue weighted by Gasteiger charge is 2.24. The summed E-state index contributed by atoms with van der Waals surface area (Å²) < 4.78 is 0. The van der Waals surface area contributed by atoms with Crippen LogP contribution >= 0.6 is 0 Å². The fourth-order valence-corrected chi connectivity index (χ4v) is 3.11. The van der Waals surface area contributed by atoms with Gasteiger partial charge in [0.15, 0.2) is 0 Å². The lowest BCUT2D eigenvalue weighted by Crippen LogP contribution is -2.47. The number of benzene rings is 1. The van der Waals surface area contributed by atoms with Crippen LogP contribution in [0.15, 0.2) is 30.3 Å². The van der Waals surface area contributed by atoms with Gasteiger partial charge in [-0.25, -0.2) is 0 Å². The van der Waals surface area contributed by atoms with E-state index in [0.29, 0.717) is 19.0 Å². The lowest BCUT2D eigenvalue weighted by molar-refractivity contribution is -0.128. The van der Waals surface area contributed by atoms with Crippen molar-refractivity contribution >= 4 is 11.8 Å². The Hall–Kier alpha value is -1.88. The SMILES string of the molecule is CC(=O)N1CCCN(C(C)C(=O)NCC(C)c2ccccc2)CC1. The van der Waals surface area contributed by atoms with Gasteiger partial charge in [-0.3, -0.25) is 14.5 Å². The largest absolute Gasteiger partial charge is 0.354 e. The van der Waals surface area contributed by atoms with E-state index < -0.39 is 0 Å². The summed E-state index contributed by atoms with van der Waals surface area (Å²) in [6.45, 7) is 9.41. The fraction of sp³-hybridized carbons (Fsp3) is 0.579. The number of rotatable bonds is 5. The van der Waals surface area contributed by atoms with Crippen LogP contribution in [-0.2, 0) is 9.59 Å². The molecule has 1 aromatic rings. The van der Waals surface area contributed by atoms with Crippen LogP contribution in [0.25, 0.3) is 0 Å².